The minimum Gasteiger partial charge on any atom is -0.243 e. The summed E-state index contributed by atoms with van der Waals surface area (Å²) in [5, 5.41) is 1.81. The number of nitrogens with zero attached hydrogens (tertiary/aromatic N) is 2. The van der Waals surface area contributed by atoms with Crippen molar-refractivity contribution in [3.05, 3.63) is 33.4 Å². The van der Waals surface area contributed by atoms with E-state index in [1.165, 1.54) is 0 Å². The summed E-state index contributed by atoms with van der Waals surface area (Å²) in [6, 6.07) is 3.36. The van der Waals surface area contributed by atoms with E-state index >= 15 is 0 Å². The summed E-state index contributed by atoms with van der Waals surface area (Å²) in [5.41, 5.74) is 0.723. The lowest BCUT2D eigenvalue weighted by Crippen LogP contribution is -1.82. The topological polar surface area (TPSA) is 25.8 Å². The molecular weight excluding hydrogens is 239 g/mol. The zero-order valence-electron chi connectivity index (χ0n) is 7.29. The van der Waals surface area contributed by atoms with E-state index in [4.69, 9.17) is 23.2 Å². The smallest absolute Gasteiger partial charge is 0.142 e. The molecule has 0 bridgehead atoms. The molecule has 0 amide bonds. The van der Waals surface area contributed by atoms with Crippen molar-refractivity contribution in [1.82, 2.24) is 9.97 Å². The van der Waals surface area contributed by atoms with Gasteiger partial charge in [0.25, 0.3) is 0 Å². The van der Waals surface area contributed by atoms with E-state index in [1.807, 2.05) is 6.92 Å². The van der Waals surface area contributed by atoms with Gasteiger partial charge < -0.3 is 0 Å². The lowest BCUT2D eigenvalue weighted by atomic mass is 10.4. The van der Waals surface area contributed by atoms with Crippen LogP contribution < -0.4 is 0 Å². The van der Waals surface area contributed by atoms with Crippen LogP contribution in [0.25, 0.3) is 10.7 Å². The molecule has 72 valence electrons. The molecule has 0 aliphatic rings. The van der Waals surface area contributed by atoms with E-state index in [-0.39, 0.29) is 0 Å². The zero-order chi connectivity index (χ0) is 10.1. The van der Waals surface area contributed by atoms with Gasteiger partial charge in [-0.15, -0.1) is 11.3 Å². The van der Waals surface area contributed by atoms with Crippen LogP contribution in [-0.2, 0) is 0 Å². The fourth-order valence-electron chi connectivity index (χ4n) is 1.05. The van der Waals surface area contributed by atoms with Gasteiger partial charge in [-0.25, -0.2) is 9.97 Å². The standard InChI is InChI=1S/C9H6Cl2N2S/c1-5-4-12-9(14-5)7-2-6(10)3-8(11)13-7/h2-4H,1H3. The highest BCUT2D eigenvalue weighted by atomic mass is 35.5. The quantitative estimate of drug-likeness (QED) is 0.713. The van der Waals surface area contributed by atoms with E-state index in [0.717, 1.165) is 15.6 Å². The summed E-state index contributed by atoms with van der Waals surface area (Å²) in [6.07, 6.45) is 1.80. The van der Waals surface area contributed by atoms with E-state index in [2.05, 4.69) is 9.97 Å². The molecule has 5 heteroatoms. The van der Waals surface area contributed by atoms with Gasteiger partial charge >= 0.3 is 0 Å². The van der Waals surface area contributed by atoms with Crippen molar-refractivity contribution in [3.8, 4) is 10.7 Å². The van der Waals surface area contributed by atoms with Gasteiger partial charge in [0.2, 0.25) is 0 Å². The summed E-state index contributed by atoms with van der Waals surface area (Å²) in [6.45, 7) is 1.99. The minimum absolute atomic E-state index is 0.389. The second kappa shape index (κ2) is 3.85. The van der Waals surface area contributed by atoms with Crippen molar-refractivity contribution in [3.63, 3.8) is 0 Å². The molecule has 0 unspecified atom stereocenters. The van der Waals surface area contributed by atoms with E-state index in [9.17, 15) is 0 Å². The van der Waals surface area contributed by atoms with Gasteiger partial charge in [0.05, 0.1) is 0 Å². The van der Waals surface area contributed by atoms with Gasteiger partial charge in [-0.2, -0.15) is 0 Å². The van der Waals surface area contributed by atoms with Crippen LogP contribution in [0.2, 0.25) is 10.2 Å². The molecule has 0 fully saturated rings. The molecule has 14 heavy (non-hydrogen) atoms. The number of thiazole rings is 1. The third-order valence-corrected chi connectivity index (χ3v) is 2.95. The molecule has 0 radical (unpaired) electrons. The molecule has 2 heterocycles. The number of rotatable bonds is 1. The molecule has 0 saturated carbocycles. The molecular formula is C9H6Cl2N2S. The lowest BCUT2D eigenvalue weighted by molar-refractivity contribution is 1.29. The normalized spacial score (nSPS) is 10.5. The predicted molar refractivity (Wildman–Crippen MR) is 60.1 cm³/mol. The van der Waals surface area contributed by atoms with Gasteiger partial charge in [0, 0.05) is 16.1 Å². The Labute approximate surface area is 95.5 Å². The highest BCUT2D eigenvalue weighted by Gasteiger charge is 2.06. The molecule has 2 rings (SSSR count). The van der Waals surface area contributed by atoms with Gasteiger partial charge in [-0.05, 0) is 19.1 Å². The second-order valence-corrected chi connectivity index (χ2v) is 4.83. The van der Waals surface area contributed by atoms with Crippen molar-refractivity contribution in [2.24, 2.45) is 0 Å². The van der Waals surface area contributed by atoms with Crippen molar-refractivity contribution < 1.29 is 0 Å². The van der Waals surface area contributed by atoms with E-state index < -0.39 is 0 Å². The Balaban J connectivity index is 2.51. The van der Waals surface area contributed by atoms with Crippen LogP contribution in [0.15, 0.2) is 18.3 Å². The Morgan fingerprint density at radius 2 is 2.07 bits per heavy atom. The van der Waals surface area contributed by atoms with Crippen LogP contribution in [0.5, 0.6) is 0 Å². The SMILES string of the molecule is Cc1cnc(-c2cc(Cl)cc(Cl)n2)s1. The van der Waals surface area contributed by atoms with Crippen LogP contribution in [-0.4, -0.2) is 9.97 Å². The van der Waals surface area contributed by atoms with E-state index in [0.29, 0.717) is 10.2 Å². The first-order valence-electron chi connectivity index (χ1n) is 3.91. The predicted octanol–water partition coefficient (Wildman–Crippen LogP) is 3.82. The molecule has 2 aromatic heterocycles. The molecule has 0 spiro atoms. The maximum absolute atomic E-state index is 5.86. The third-order valence-electron chi connectivity index (χ3n) is 1.60. The number of halogens is 2. The molecule has 0 aliphatic heterocycles. The summed E-state index contributed by atoms with van der Waals surface area (Å²) in [5.74, 6) is 0. The van der Waals surface area contributed by atoms with Crippen molar-refractivity contribution in [2.45, 2.75) is 6.92 Å². The molecule has 2 aromatic rings. The van der Waals surface area contributed by atoms with Crippen molar-refractivity contribution in [2.75, 3.05) is 0 Å². The molecule has 0 saturated heterocycles. The fourth-order valence-corrected chi connectivity index (χ4v) is 2.24. The summed E-state index contributed by atoms with van der Waals surface area (Å²) in [4.78, 5) is 9.49. The third kappa shape index (κ3) is 2.05. The maximum atomic E-state index is 5.86. The van der Waals surface area contributed by atoms with Crippen LogP contribution >= 0.6 is 34.5 Å². The average molecular weight is 245 g/mol. The van der Waals surface area contributed by atoms with Crippen LogP contribution in [0.4, 0.5) is 0 Å². The number of hydrogen-bond donors (Lipinski definition) is 0. The molecule has 0 N–H and O–H groups in total. The highest BCUT2D eigenvalue weighted by Crippen LogP contribution is 2.26. The number of aromatic nitrogens is 2. The summed E-state index contributed by atoms with van der Waals surface area (Å²) >= 11 is 13.2. The minimum atomic E-state index is 0.389. The Kier molecular flexibility index (Phi) is 2.72. The molecule has 0 aliphatic carbocycles. The first kappa shape index (κ1) is 9.90. The first-order valence-corrected chi connectivity index (χ1v) is 5.48. The zero-order valence-corrected chi connectivity index (χ0v) is 9.62. The number of aryl methyl sites for hydroxylation is 1. The molecule has 2 nitrogen and oxygen atoms in total. The lowest BCUT2D eigenvalue weighted by Gasteiger charge is -1.97. The van der Waals surface area contributed by atoms with Crippen molar-refractivity contribution in [1.29, 1.82) is 0 Å². The number of pyridine rings is 1. The Hall–Kier alpha value is -0.640. The Morgan fingerprint density at radius 3 is 2.64 bits per heavy atom. The highest BCUT2D eigenvalue weighted by molar-refractivity contribution is 7.14. The Morgan fingerprint density at radius 1 is 1.29 bits per heavy atom. The van der Waals surface area contributed by atoms with Gasteiger partial charge in [-0.1, -0.05) is 23.2 Å². The molecule has 0 atom stereocenters. The first-order chi connectivity index (χ1) is 6.65. The Bertz CT molecular complexity index is 447. The van der Waals surface area contributed by atoms with Crippen LogP contribution in [0, 0.1) is 6.92 Å². The van der Waals surface area contributed by atoms with Crippen LogP contribution in [0.1, 0.15) is 4.88 Å². The summed E-state index contributed by atoms with van der Waals surface area (Å²) in [7, 11) is 0. The largest absolute Gasteiger partial charge is 0.243 e. The maximum Gasteiger partial charge on any atom is 0.142 e. The number of hydrogen-bond acceptors (Lipinski definition) is 3. The van der Waals surface area contributed by atoms with Crippen LogP contribution in [0.3, 0.4) is 0 Å². The van der Waals surface area contributed by atoms with Crippen molar-refractivity contribution >= 4 is 34.5 Å². The van der Waals surface area contributed by atoms with Gasteiger partial charge in [-0.3, -0.25) is 0 Å². The molecule has 0 aromatic carbocycles. The summed E-state index contributed by atoms with van der Waals surface area (Å²) < 4.78 is 0. The van der Waals surface area contributed by atoms with E-state index in [1.54, 1.807) is 29.7 Å². The van der Waals surface area contributed by atoms with Gasteiger partial charge in [0.1, 0.15) is 15.9 Å². The fraction of sp³-hybridized carbons (Fsp3) is 0.111. The second-order valence-electron chi connectivity index (χ2n) is 2.77. The monoisotopic (exact) mass is 244 g/mol. The average Bonchev–Trinajstić information content (AvgIpc) is 2.50. The van der Waals surface area contributed by atoms with Gasteiger partial charge in [0.15, 0.2) is 0 Å².